The van der Waals surface area contributed by atoms with E-state index in [-0.39, 0.29) is 37.2 Å². The van der Waals surface area contributed by atoms with Crippen LogP contribution >= 0.6 is 0 Å². The average molecular weight is 715 g/mol. The molecule has 1 saturated heterocycles. The van der Waals surface area contributed by atoms with E-state index in [1.54, 1.807) is 24.3 Å². The van der Waals surface area contributed by atoms with Gasteiger partial charge in [-0.1, -0.05) is 140 Å². The second kappa shape index (κ2) is 16.1. The summed E-state index contributed by atoms with van der Waals surface area (Å²) in [4.78, 5) is 29.8. The van der Waals surface area contributed by atoms with Crippen molar-refractivity contribution in [2.45, 2.75) is 51.2 Å². The van der Waals surface area contributed by atoms with Crippen molar-refractivity contribution in [3.63, 3.8) is 0 Å². The summed E-state index contributed by atoms with van der Waals surface area (Å²) in [6.45, 7) is 2.49. The molecule has 0 radical (unpaired) electrons. The number of nitrogens with zero attached hydrogens (tertiary/aromatic N) is 2. The lowest BCUT2D eigenvalue weighted by Gasteiger charge is -2.38. The average Bonchev–Trinajstić information content (AvgIpc) is 3.46. The molecule has 0 aromatic heterocycles. The number of hydrogen-bond donors (Lipinski definition) is 1. The molecule has 0 aliphatic carbocycles. The number of carbonyl (C=O) groups is 2. The van der Waals surface area contributed by atoms with Crippen molar-refractivity contribution in [3.8, 4) is 11.1 Å². The van der Waals surface area contributed by atoms with Gasteiger partial charge in [0.2, 0.25) is 0 Å². The standard InChI is InChI=1S/C47H42N2O5/c50-32-35-18-20-38(21-19-35)44-27-41(31-48(28-33-10-3-1-4-11-33)29-34-12-5-2-6-13-34)53-47(54-44)39-24-22-37(23-25-39)40-15-9-14-36(26-40)30-49-45(51)42-16-7-8-17-43(42)46(49)52/h1-26,41,44,47,50H,27-32H2/t41-,44+,47+/m0/s1. The highest BCUT2D eigenvalue weighted by molar-refractivity contribution is 6.21. The molecule has 7 nitrogen and oxygen atoms in total. The third-order valence-corrected chi connectivity index (χ3v) is 10.2. The maximum Gasteiger partial charge on any atom is 0.261 e. The molecule has 6 aromatic carbocycles. The van der Waals surface area contributed by atoms with Crippen LogP contribution in [0.15, 0.2) is 158 Å². The summed E-state index contributed by atoms with van der Waals surface area (Å²) in [6, 6.07) is 52.2. The molecule has 1 N–H and O–H groups in total. The Hall–Kier alpha value is -5.70. The van der Waals surface area contributed by atoms with Crippen LogP contribution in [0, 0.1) is 0 Å². The van der Waals surface area contributed by atoms with Crippen LogP contribution < -0.4 is 0 Å². The van der Waals surface area contributed by atoms with Gasteiger partial charge in [0.1, 0.15) is 0 Å². The van der Waals surface area contributed by atoms with E-state index in [9.17, 15) is 14.7 Å². The molecule has 2 aliphatic rings. The Bertz CT molecular complexity index is 2130. The number of amides is 2. The topological polar surface area (TPSA) is 79.3 Å². The van der Waals surface area contributed by atoms with Crippen molar-refractivity contribution in [1.29, 1.82) is 0 Å². The molecule has 2 amide bonds. The molecule has 6 aromatic rings. The fraction of sp³-hybridized carbons (Fsp3) is 0.191. The van der Waals surface area contributed by atoms with Crippen LogP contribution in [0.25, 0.3) is 11.1 Å². The van der Waals surface area contributed by atoms with Gasteiger partial charge in [-0.15, -0.1) is 0 Å². The van der Waals surface area contributed by atoms with Crippen molar-refractivity contribution >= 4 is 11.8 Å². The van der Waals surface area contributed by atoms with Crippen molar-refractivity contribution in [1.82, 2.24) is 9.80 Å². The molecule has 0 bridgehead atoms. The van der Waals surface area contributed by atoms with Gasteiger partial charge < -0.3 is 14.6 Å². The maximum atomic E-state index is 13.0. The zero-order chi connectivity index (χ0) is 36.9. The first-order chi connectivity index (χ1) is 26.5. The van der Waals surface area contributed by atoms with Crippen molar-refractivity contribution in [3.05, 3.63) is 202 Å². The molecule has 8 rings (SSSR count). The van der Waals surface area contributed by atoms with Crippen LogP contribution in [-0.2, 0) is 35.7 Å². The lowest BCUT2D eigenvalue weighted by molar-refractivity contribution is -0.253. The third-order valence-electron chi connectivity index (χ3n) is 10.2. The predicted molar refractivity (Wildman–Crippen MR) is 208 cm³/mol. The van der Waals surface area contributed by atoms with Gasteiger partial charge in [0.15, 0.2) is 6.29 Å². The Morgan fingerprint density at radius 2 is 1.15 bits per heavy atom. The number of carbonyl (C=O) groups excluding carboxylic acids is 2. The van der Waals surface area contributed by atoms with Crippen LogP contribution in [0.4, 0.5) is 0 Å². The SMILES string of the molecule is O=C1c2ccccc2C(=O)N1Cc1cccc(-c2ccc([C@@H]3O[C@H](CN(Cc4ccccc4)Cc4ccccc4)C[C@H](c4ccc(CO)cc4)O3)cc2)c1. The number of rotatable bonds is 12. The number of aliphatic hydroxyl groups excluding tert-OH is 1. The molecule has 0 unspecified atom stereocenters. The number of imide groups is 1. The summed E-state index contributed by atoms with van der Waals surface area (Å²) in [5.74, 6) is -0.524. The molecule has 7 heteroatoms. The number of ether oxygens (including phenoxy) is 2. The van der Waals surface area contributed by atoms with E-state index in [0.717, 1.165) is 46.5 Å². The number of benzene rings is 6. The Labute approximate surface area is 316 Å². The van der Waals surface area contributed by atoms with Gasteiger partial charge >= 0.3 is 0 Å². The van der Waals surface area contributed by atoms with Gasteiger partial charge in [0, 0.05) is 31.6 Å². The summed E-state index contributed by atoms with van der Waals surface area (Å²) in [5.41, 5.74) is 9.09. The summed E-state index contributed by atoms with van der Waals surface area (Å²) in [6.07, 6.45) is -0.212. The van der Waals surface area contributed by atoms with Gasteiger partial charge in [0.05, 0.1) is 36.5 Å². The van der Waals surface area contributed by atoms with E-state index < -0.39 is 6.29 Å². The lowest BCUT2D eigenvalue weighted by Crippen LogP contribution is -2.39. The quantitative estimate of drug-likeness (QED) is 0.128. The van der Waals surface area contributed by atoms with Crippen molar-refractivity contribution in [2.75, 3.05) is 6.54 Å². The van der Waals surface area contributed by atoms with Gasteiger partial charge in [-0.3, -0.25) is 19.4 Å². The fourth-order valence-corrected chi connectivity index (χ4v) is 7.44. The minimum absolute atomic E-state index is 0.00782. The van der Waals surface area contributed by atoms with E-state index in [0.29, 0.717) is 24.1 Å². The zero-order valence-electron chi connectivity index (χ0n) is 30.0. The first-order valence-electron chi connectivity index (χ1n) is 18.5. The number of fused-ring (bicyclic) bond motifs is 1. The highest BCUT2D eigenvalue weighted by atomic mass is 16.7. The van der Waals surface area contributed by atoms with Crippen LogP contribution in [0.5, 0.6) is 0 Å². The van der Waals surface area contributed by atoms with Gasteiger partial charge in [-0.05, 0) is 57.1 Å². The summed E-state index contributed by atoms with van der Waals surface area (Å²) in [5, 5.41) is 9.67. The molecule has 54 heavy (non-hydrogen) atoms. The van der Waals surface area contributed by atoms with Crippen molar-refractivity contribution < 1.29 is 24.2 Å². The minimum Gasteiger partial charge on any atom is -0.392 e. The normalized spacial score (nSPS) is 18.3. The molecule has 3 atom stereocenters. The molecular formula is C47H42N2O5. The minimum atomic E-state index is -0.587. The molecule has 270 valence electrons. The summed E-state index contributed by atoms with van der Waals surface area (Å²) in [7, 11) is 0. The number of hydrogen-bond acceptors (Lipinski definition) is 6. The van der Waals surface area contributed by atoms with E-state index >= 15 is 0 Å². The number of aliphatic hydroxyl groups is 1. The van der Waals surface area contributed by atoms with E-state index in [1.807, 2.05) is 60.7 Å². The van der Waals surface area contributed by atoms with Crippen LogP contribution in [0.3, 0.4) is 0 Å². The predicted octanol–water partition coefficient (Wildman–Crippen LogP) is 8.89. The van der Waals surface area contributed by atoms with Gasteiger partial charge in [-0.2, -0.15) is 0 Å². The largest absolute Gasteiger partial charge is 0.392 e. The molecule has 2 heterocycles. The first kappa shape index (κ1) is 35.3. The van der Waals surface area contributed by atoms with E-state index in [2.05, 4.69) is 77.7 Å². The van der Waals surface area contributed by atoms with Crippen LogP contribution in [-0.4, -0.2) is 39.4 Å². The second-order valence-electron chi connectivity index (χ2n) is 14.1. The Morgan fingerprint density at radius 1 is 0.574 bits per heavy atom. The Balaban J connectivity index is 1.02. The molecule has 0 saturated carbocycles. The first-order valence-corrected chi connectivity index (χ1v) is 18.5. The molecular weight excluding hydrogens is 673 g/mol. The van der Waals surface area contributed by atoms with Gasteiger partial charge in [-0.25, -0.2) is 0 Å². The highest BCUT2D eigenvalue weighted by Gasteiger charge is 2.35. The van der Waals surface area contributed by atoms with E-state index in [1.165, 1.54) is 16.0 Å². The summed E-state index contributed by atoms with van der Waals surface area (Å²) >= 11 is 0. The Kier molecular flexibility index (Phi) is 10.6. The lowest BCUT2D eigenvalue weighted by atomic mass is 9.98. The maximum absolute atomic E-state index is 13.0. The van der Waals surface area contributed by atoms with Crippen LogP contribution in [0.1, 0.15) is 72.9 Å². The molecule has 1 fully saturated rings. The zero-order valence-corrected chi connectivity index (χ0v) is 30.0. The monoisotopic (exact) mass is 714 g/mol. The second-order valence-corrected chi connectivity index (χ2v) is 14.1. The fourth-order valence-electron chi connectivity index (χ4n) is 7.44. The molecule has 2 aliphatic heterocycles. The van der Waals surface area contributed by atoms with Crippen molar-refractivity contribution in [2.24, 2.45) is 0 Å². The third kappa shape index (κ3) is 7.95. The Morgan fingerprint density at radius 3 is 1.76 bits per heavy atom. The highest BCUT2D eigenvalue weighted by Crippen LogP contribution is 2.39. The van der Waals surface area contributed by atoms with Crippen LogP contribution in [0.2, 0.25) is 0 Å². The summed E-state index contributed by atoms with van der Waals surface area (Å²) < 4.78 is 13.5. The van der Waals surface area contributed by atoms with Gasteiger partial charge in [0.25, 0.3) is 11.8 Å². The smallest absolute Gasteiger partial charge is 0.261 e. The van der Waals surface area contributed by atoms with E-state index in [4.69, 9.17) is 9.47 Å². The molecule has 0 spiro atoms.